The van der Waals surface area contributed by atoms with E-state index in [1.54, 1.807) is 0 Å². The molecule has 1 fully saturated rings. The Morgan fingerprint density at radius 1 is 1.44 bits per heavy atom. The predicted octanol–water partition coefficient (Wildman–Crippen LogP) is 2.47. The molecule has 0 spiro atoms. The Labute approximate surface area is 97.3 Å². The number of rotatable bonds is 3. The Kier molecular flexibility index (Phi) is 3.97. The summed E-state index contributed by atoms with van der Waals surface area (Å²) in [6.45, 7) is 2.88. The van der Waals surface area contributed by atoms with Gasteiger partial charge in [0.15, 0.2) is 0 Å². The van der Waals surface area contributed by atoms with Crippen molar-refractivity contribution in [3.63, 3.8) is 0 Å². The van der Waals surface area contributed by atoms with Crippen LogP contribution in [-0.2, 0) is 11.2 Å². The van der Waals surface area contributed by atoms with Gasteiger partial charge in [-0.2, -0.15) is 0 Å². The molecule has 1 N–H and O–H groups in total. The van der Waals surface area contributed by atoms with E-state index in [2.05, 4.69) is 25.1 Å². The molecule has 1 saturated heterocycles. The maximum atomic E-state index is 10.1. The first kappa shape index (κ1) is 11.6. The van der Waals surface area contributed by atoms with Crippen LogP contribution in [0.5, 0.6) is 0 Å². The van der Waals surface area contributed by atoms with Crippen LogP contribution >= 0.6 is 0 Å². The van der Waals surface area contributed by atoms with E-state index in [-0.39, 0.29) is 12.2 Å². The Balaban J connectivity index is 1.93. The van der Waals surface area contributed by atoms with Gasteiger partial charge >= 0.3 is 0 Å². The highest BCUT2D eigenvalue weighted by atomic mass is 16.5. The molecule has 2 heteroatoms. The topological polar surface area (TPSA) is 29.5 Å². The maximum absolute atomic E-state index is 10.1. The molecular weight excluding hydrogens is 200 g/mol. The molecule has 88 valence electrons. The Morgan fingerprint density at radius 3 is 3.00 bits per heavy atom. The molecule has 0 aliphatic carbocycles. The Bertz CT molecular complexity index is 329. The van der Waals surface area contributed by atoms with Gasteiger partial charge in [0.2, 0.25) is 0 Å². The molecule has 1 heterocycles. The zero-order valence-electron chi connectivity index (χ0n) is 9.86. The average molecular weight is 220 g/mol. The summed E-state index contributed by atoms with van der Waals surface area (Å²) in [5.41, 5.74) is 2.44. The first-order valence-corrected chi connectivity index (χ1v) is 6.11. The summed E-state index contributed by atoms with van der Waals surface area (Å²) in [6.07, 6.45) is 3.68. The first-order valence-electron chi connectivity index (χ1n) is 6.11. The Hall–Kier alpha value is -0.860. The van der Waals surface area contributed by atoms with Crippen LogP contribution in [0.4, 0.5) is 0 Å². The standard InChI is InChI=1S/C14H20O2/c1-11-5-4-6-12(9-11)10-13(15)14-7-2-3-8-16-14/h4-6,9,13-15H,2-3,7-8,10H2,1H3. The van der Waals surface area contributed by atoms with Gasteiger partial charge in [-0.15, -0.1) is 0 Å². The monoisotopic (exact) mass is 220 g/mol. The second-order valence-corrected chi connectivity index (χ2v) is 4.67. The van der Waals surface area contributed by atoms with Crippen LogP contribution < -0.4 is 0 Å². The van der Waals surface area contributed by atoms with E-state index in [1.807, 2.05) is 6.07 Å². The smallest absolute Gasteiger partial charge is 0.0842 e. The largest absolute Gasteiger partial charge is 0.390 e. The molecule has 0 radical (unpaired) electrons. The minimum Gasteiger partial charge on any atom is -0.390 e. The summed E-state index contributed by atoms with van der Waals surface area (Å²) in [5, 5.41) is 10.1. The van der Waals surface area contributed by atoms with Gasteiger partial charge in [0.05, 0.1) is 12.2 Å². The van der Waals surface area contributed by atoms with Crippen LogP contribution in [0.3, 0.4) is 0 Å². The van der Waals surface area contributed by atoms with Crippen molar-refractivity contribution in [2.24, 2.45) is 0 Å². The van der Waals surface area contributed by atoms with Crippen LogP contribution in [0.25, 0.3) is 0 Å². The number of hydrogen-bond acceptors (Lipinski definition) is 2. The first-order chi connectivity index (χ1) is 7.75. The van der Waals surface area contributed by atoms with Gasteiger partial charge in [-0.3, -0.25) is 0 Å². The van der Waals surface area contributed by atoms with Crippen LogP contribution in [-0.4, -0.2) is 23.9 Å². The molecule has 0 saturated carbocycles. The molecule has 2 unspecified atom stereocenters. The van der Waals surface area contributed by atoms with Gasteiger partial charge in [0, 0.05) is 13.0 Å². The molecule has 0 amide bonds. The van der Waals surface area contributed by atoms with Crippen molar-refractivity contribution in [1.29, 1.82) is 0 Å². The molecule has 2 atom stereocenters. The van der Waals surface area contributed by atoms with E-state index in [4.69, 9.17) is 4.74 Å². The molecule has 2 nitrogen and oxygen atoms in total. The lowest BCUT2D eigenvalue weighted by atomic mass is 9.98. The molecule has 0 aromatic heterocycles. The SMILES string of the molecule is Cc1cccc(CC(O)C2CCCCO2)c1. The number of aliphatic hydroxyl groups is 1. The normalized spacial score (nSPS) is 23.0. The van der Waals surface area contributed by atoms with Crippen LogP contribution in [0.2, 0.25) is 0 Å². The van der Waals surface area contributed by atoms with E-state index >= 15 is 0 Å². The van der Waals surface area contributed by atoms with Crippen LogP contribution in [0, 0.1) is 6.92 Å². The van der Waals surface area contributed by atoms with Gasteiger partial charge in [0.25, 0.3) is 0 Å². The van der Waals surface area contributed by atoms with Crippen molar-refractivity contribution < 1.29 is 9.84 Å². The van der Waals surface area contributed by atoms with Crippen molar-refractivity contribution in [3.8, 4) is 0 Å². The lowest BCUT2D eigenvalue weighted by Gasteiger charge is -2.27. The number of aliphatic hydroxyl groups excluding tert-OH is 1. The molecule has 2 rings (SSSR count). The van der Waals surface area contributed by atoms with Gasteiger partial charge < -0.3 is 9.84 Å². The molecule has 0 bridgehead atoms. The summed E-state index contributed by atoms with van der Waals surface area (Å²) in [5.74, 6) is 0. The maximum Gasteiger partial charge on any atom is 0.0842 e. The van der Waals surface area contributed by atoms with Gasteiger partial charge in [-0.05, 0) is 31.7 Å². The van der Waals surface area contributed by atoms with E-state index in [0.29, 0.717) is 6.42 Å². The minimum absolute atomic E-state index is 0.0364. The lowest BCUT2D eigenvalue weighted by molar-refractivity contribution is -0.0611. The summed E-state index contributed by atoms with van der Waals surface area (Å²) >= 11 is 0. The summed E-state index contributed by atoms with van der Waals surface area (Å²) in [6, 6.07) is 8.32. The second-order valence-electron chi connectivity index (χ2n) is 4.67. The highest BCUT2D eigenvalue weighted by Crippen LogP contribution is 2.18. The highest BCUT2D eigenvalue weighted by molar-refractivity contribution is 5.22. The van der Waals surface area contributed by atoms with Crippen molar-refractivity contribution in [1.82, 2.24) is 0 Å². The zero-order chi connectivity index (χ0) is 11.4. The van der Waals surface area contributed by atoms with E-state index in [1.165, 1.54) is 17.5 Å². The fourth-order valence-electron chi connectivity index (χ4n) is 2.28. The van der Waals surface area contributed by atoms with E-state index in [9.17, 15) is 5.11 Å². The van der Waals surface area contributed by atoms with Crippen molar-refractivity contribution >= 4 is 0 Å². The molecular formula is C14H20O2. The summed E-state index contributed by atoms with van der Waals surface area (Å²) in [4.78, 5) is 0. The third-order valence-corrected chi connectivity index (χ3v) is 3.17. The van der Waals surface area contributed by atoms with Crippen molar-refractivity contribution in [3.05, 3.63) is 35.4 Å². The number of aryl methyl sites for hydroxylation is 1. The molecule has 1 aromatic rings. The average Bonchev–Trinajstić information content (AvgIpc) is 2.30. The van der Waals surface area contributed by atoms with Gasteiger partial charge in [-0.25, -0.2) is 0 Å². The lowest BCUT2D eigenvalue weighted by Crippen LogP contribution is -2.33. The van der Waals surface area contributed by atoms with E-state index in [0.717, 1.165) is 19.4 Å². The third kappa shape index (κ3) is 3.06. The van der Waals surface area contributed by atoms with Gasteiger partial charge in [-0.1, -0.05) is 29.8 Å². The van der Waals surface area contributed by atoms with Crippen molar-refractivity contribution in [2.45, 2.75) is 44.8 Å². The quantitative estimate of drug-likeness (QED) is 0.848. The third-order valence-electron chi connectivity index (χ3n) is 3.17. The fourth-order valence-corrected chi connectivity index (χ4v) is 2.28. The number of benzene rings is 1. The number of hydrogen-bond donors (Lipinski definition) is 1. The summed E-state index contributed by atoms with van der Waals surface area (Å²) in [7, 11) is 0. The second kappa shape index (κ2) is 5.46. The van der Waals surface area contributed by atoms with Gasteiger partial charge in [0.1, 0.15) is 0 Å². The minimum atomic E-state index is -0.359. The highest BCUT2D eigenvalue weighted by Gasteiger charge is 2.22. The summed E-state index contributed by atoms with van der Waals surface area (Å²) < 4.78 is 5.59. The fraction of sp³-hybridized carbons (Fsp3) is 0.571. The molecule has 1 aromatic carbocycles. The number of ether oxygens (including phenoxy) is 1. The zero-order valence-corrected chi connectivity index (χ0v) is 9.86. The Morgan fingerprint density at radius 2 is 2.31 bits per heavy atom. The van der Waals surface area contributed by atoms with E-state index < -0.39 is 0 Å². The predicted molar refractivity (Wildman–Crippen MR) is 64.5 cm³/mol. The molecule has 1 aliphatic heterocycles. The molecule has 1 aliphatic rings. The van der Waals surface area contributed by atoms with Crippen LogP contribution in [0.15, 0.2) is 24.3 Å². The van der Waals surface area contributed by atoms with Crippen LogP contribution in [0.1, 0.15) is 30.4 Å². The van der Waals surface area contributed by atoms with Crippen molar-refractivity contribution in [2.75, 3.05) is 6.61 Å². The molecule has 16 heavy (non-hydrogen) atoms.